The van der Waals surface area contributed by atoms with E-state index in [1.165, 1.54) is 22.3 Å². The number of rotatable bonds is 4. The fraction of sp³-hybridized carbons (Fsp3) is 0.154. The smallest absolute Gasteiger partial charge is 0.657 e. The Hall–Kier alpha value is -6.42. The Morgan fingerprint density at radius 3 is 0.746 bits per heavy atom. The third-order valence-corrected chi connectivity index (χ3v) is 11.0. The van der Waals surface area contributed by atoms with E-state index in [1.807, 2.05) is 0 Å². The van der Waals surface area contributed by atoms with Crippen LogP contribution in [0.4, 0.5) is 26.3 Å². The first-order chi connectivity index (χ1) is 29.5. The fourth-order valence-corrected chi connectivity index (χ4v) is 7.34. The Bertz CT molecular complexity index is 2620. The molecule has 11 heteroatoms. The average Bonchev–Trinajstić information content (AvgIpc) is 4.08. The summed E-state index contributed by atoms with van der Waals surface area (Å²) in [5.41, 5.74) is 19.9. The minimum absolute atomic E-state index is 0. The summed E-state index contributed by atoms with van der Waals surface area (Å²) in [6.07, 6.45) is -1.89. The molecule has 0 amide bonds. The van der Waals surface area contributed by atoms with Crippen LogP contribution in [0.2, 0.25) is 0 Å². The Labute approximate surface area is 372 Å². The topological polar surface area (TPSA) is 54.0 Å². The molecule has 321 valence electrons. The van der Waals surface area contributed by atoms with Gasteiger partial charge < -0.3 is 9.97 Å². The molecule has 0 spiro atoms. The molecule has 0 fully saturated rings. The molecule has 3 aromatic heterocycles. The van der Waals surface area contributed by atoms with Crippen LogP contribution >= 0.6 is 0 Å². The zero-order valence-corrected chi connectivity index (χ0v) is 35.7. The number of nitrogens with zero attached hydrogens (tertiary/aromatic N) is 4. The summed E-state index contributed by atoms with van der Waals surface area (Å²) < 4.78 is 67.4. The monoisotopic (exact) mass is 897 g/mol. The van der Waals surface area contributed by atoms with E-state index in [2.05, 4.69) is 173 Å². The van der Waals surface area contributed by atoms with Crippen LogP contribution in [0.15, 0.2) is 121 Å². The summed E-state index contributed by atoms with van der Waals surface area (Å²) in [4.78, 5) is 21.5. The summed E-state index contributed by atoms with van der Waals surface area (Å²) in [5, 5.41) is 0. The first-order valence-electron chi connectivity index (χ1n) is 20.0. The van der Waals surface area contributed by atoms with Gasteiger partial charge in [-0.1, -0.05) is 144 Å². The van der Waals surface area contributed by atoms with Gasteiger partial charge in [-0.05, 0) is 103 Å². The second-order valence-corrected chi connectivity index (χ2v) is 15.6. The molecule has 2 aliphatic heterocycles. The van der Waals surface area contributed by atoms with Crippen LogP contribution in [0.25, 0.3) is 90.9 Å². The molecule has 0 saturated heterocycles. The molecule has 4 nitrogen and oxygen atoms in total. The summed E-state index contributed by atoms with van der Waals surface area (Å²) in [7, 11) is 0. The Kier molecular flexibility index (Phi) is 12.6. The number of fused-ring (bicyclic) bond motifs is 8. The van der Waals surface area contributed by atoms with Crippen LogP contribution in [-0.4, -0.2) is 22.3 Å². The van der Waals surface area contributed by atoms with E-state index < -0.39 is 18.3 Å². The number of hydrogen-bond acceptors (Lipinski definition) is 2. The van der Waals surface area contributed by atoms with E-state index in [4.69, 9.17) is 19.9 Å². The summed E-state index contributed by atoms with van der Waals surface area (Å²) in [6.45, 7) is 8.53. The quantitative estimate of drug-likeness (QED) is 0.130. The predicted octanol–water partition coefficient (Wildman–Crippen LogP) is 14.6. The van der Waals surface area contributed by atoms with Crippen molar-refractivity contribution in [3.63, 3.8) is 0 Å². The average molecular weight is 898 g/mol. The molecule has 0 saturated carbocycles. The van der Waals surface area contributed by atoms with Crippen molar-refractivity contribution >= 4 is 46.4 Å². The largest absolute Gasteiger partial charge is 2.00 e. The second kappa shape index (κ2) is 17.8. The first-order valence-corrected chi connectivity index (χ1v) is 20.0. The van der Waals surface area contributed by atoms with Crippen LogP contribution in [-0.2, 0) is 17.1 Å². The Morgan fingerprint density at radius 1 is 0.365 bits per heavy atom. The number of aryl methyl sites for hydroxylation is 4. The van der Waals surface area contributed by atoms with Crippen molar-refractivity contribution in [1.29, 1.82) is 0 Å². The maximum Gasteiger partial charge on any atom is 2.00 e. The van der Waals surface area contributed by atoms with E-state index >= 15 is 0 Å². The number of halogens is 6. The molecule has 2 aliphatic rings. The predicted molar refractivity (Wildman–Crippen MR) is 239 cm³/mol. The van der Waals surface area contributed by atoms with Gasteiger partial charge in [0.05, 0.1) is 22.8 Å². The molecule has 8 bridgehead atoms. The van der Waals surface area contributed by atoms with Crippen molar-refractivity contribution in [1.82, 2.24) is 19.9 Å². The van der Waals surface area contributed by atoms with Crippen LogP contribution in [0.5, 0.6) is 0 Å². The zero-order chi connectivity index (χ0) is 43.9. The third-order valence-electron chi connectivity index (χ3n) is 11.0. The van der Waals surface area contributed by atoms with Gasteiger partial charge in [0.15, 0.2) is 0 Å². The van der Waals surface area contributed by atoms with E-state index in [0.717, 1.165) is 89.4 Å². The molecular weight excluding hydrogens is 858 g/mol. The van der Waals surface area contributed by atoms with Gasteiger partial charge >= 0.3 is 29.4 Å². The SMILES string of the molecule is CC(C(F)(F)F)C(F)(F)F.Cc1ccc(-c2c3nc(c(-c4ccc(C)cc4)c4ccc([n-]4)c(-c4ccc(C)cc4)c4nc(c(-c5ccc(C)cc5)c5ccc2[n-]5)C=C4)C=C3)cc1.[Cu+2]. The summed E-state index contributed by atoms with van der Waals surface area (Å²) >= 11 is 0. The van der Waals surface area contributed by atoms with Crippen molar-refractivity contribution in [2.45, 2.75) is 47.0 Å². The van der Waals surface area contributed by atoms with Crippen molar-refractivity contribution in [2.75, 3.05) is 0 Å². The maximum absolute atomic E-state index is 11.2. The molecule has 0 unspecified atom stereocenters. The Morgan fingerprint density at radius 2 is 0.571 bits per heavy atom. The van der Waals surface area contributed by atoms with Gasteiger partial charge in [0.2, 0.25) is 0 Å². The van der Waals surface area contributed by atoms with Gasteiger partial charge in [-0.3, -0.25) is 0 Å². The Balaban J connectivity index is 0.000000485. The summed E-state index contributed by atoms with van der Waals surface area (Å²) in [5.74, 6) is -3.24. The minimum Gasteiger partial charge on any atom is -0.657 e. The van der Waals surface area contributed by atoms with Gasteiger partial charge in [0, 0.05) is 0 Å². The van der Waals surface area contributed by atoms with E-state index in [9.17, 15) is 26.3 Å². The molecular formula is C52H40CuF6N4. The van der Waals surface area contributed by atoms with Crippen molar-refractivity contribution in [3.8, 4) is 44.5 Å². The number of benzene rings is 4. The van der Waals surface area contributed by atoms with Crippen LogP contribution in [0.1, 0.15) is 52.0 Å². The molecule has 0 N–H and O–H groups in total. The minimum atomic E-state index is -5.18. The second-order valence-electron chi connectivity index (χ2n) is 15.6. The molecule has 5 heterocycles. The molecule has 4 aromatic carbocycles. The van der Waals surface area contributed by atoms with Crippen molar-refractivity contribution < 1.29 is 43.4 Å². The van der Waals surface area contributed by atoms with Gasteiger partial charge in [-0.2, -0.15) is 26.3 Å². The summed E-state index contributed by atoms with van der Waals surface area (Å²) in [6, 6.07) is 43.0. The van der Waals surface area contributed by atoms with Crippen LogP contribution in [0, 0.1) is 33.6 Å². The van der Waals surface area contributed by atoms with Crippen LogP contribution < -0.4 is 9.97 Å². The number of hydrogen-bond donors (Lipinski definition) is 0. The zero-order valence-electron chi connectivity index (χ0n) is 34.8. The van der Waals surface area contributed by atoms with E-state index in [-0.39, 0.29) is 24.0 Å². The van der Waals surface area contributed by atoms with Crippen molar-refractivity contribution in [2.24, 2.45) is 5.92 Å². The van der Waals surface area contributed by atoms with Crippen molar-refractivity contribution in [3.05, 3.63) is 166 Å². The normalized spacial score (nSPS) is 12.3. The molecule has 1 radical (unpaired) electrons. The van der Waals surface area contributed by atoms with E-state index in [0.29, 0.717) is 0 Å². The van der Waals surface area contributed by atoms with Gasteiger partial charge in [0.25, 0.3) is 0 Å². The van der Waals surface area contributed by atoms with E-state index in [1.54, 1.807) is 0 Å². The first kappa shape index (κ1) is 44.6. The molecule has 63 heavy (non-hydrogen) atoms. The fourth-order valence-electron chi connectivity index (χ4n) is 7.34. The van der Waals surface area contributed by atoms with Gasteiger partial charge in [-0.25, -0.2) is 9.97 Å². The third kappa shape index (κ3) is 9.50. The van der Waals surface area contributed by atoms with Gasteiger partial charge in [0.1, 0.15) is 5.92 Å². The maximum atomic E-state index is 11.2. The molecule has 0 aliphatic carbocycles. The number of aromatic nitrogens is 4. The standard InChI is InChI=1S/C48H36N4.C4H4F6.Cu/c1-29-5-13-33(14-6-29)45-37-21-23-39(49-37)46(34-15-7-30(2)8-16-34)41-25-27-43(51-41)48(36-19-11-32(4)12-20-36)44-28-26-42(52-44)47(40-24-22-38(45)50-40)35-17-9-31(3)10-18-35;1-2(3(5,6)7)4(8,9)10;/h5-28H,1-4H3;2H,1H3;/q-2;;+2. The van der Waals surface area contributed by atoms with Gasteiger partial charge in [-0.15, -0.1) is 22.1 Å². The van der Waals surface area contributed by atoms with Crippen LogP contribution in [0.3, 0.4) is 0 Å². The number of alkyl halides is 6. The molecule has 0 atom stereocenters. The molecule has 9 rings (SSSR count). The molecule has 7 aromatic rings.